The van der Waals surface area contributed by atoms with Crippen molar-refractivity contribution in [2.45, 2.75) is 18.4 Å². The van der Waals surface area contributed by atoms with Crippen LogP contribution in [0.2, 0.25) is 0 Å². The Bertz CT molecular complexity index is 570. The van der Waals surface area contributed by atoms with Gasteiger partial charge in [0.2, 0.25) is 5.79 Å². The van der Waals surface area contributed by atoms with Crippen LogP contribution in [0.25, 0.3) is 0 Å². The SMILES string of the molecule is COc1ccc([C@]2(Cn3ccnc3)OC[C@@H](CO)O2)cc1. The summed E-state index contributed by atoms with van der Waals surface area (Å²) >= 11 is 0. The van der Waals surface area contributed by atoms with Gasteiger partial charge in [-0.15, -0.1) is 0 Å². The summed E-state index contributed by atoms with van der Waals surface area (Å²) in [5.74, 6) is -0.145. The van der Waals surface area contributed by atoms with Gasteiger partial charge in [0, 0.05) is 18.0 Å². The van der Waals surface area contributed by atoms with Gasteiger partial charge in [0.05, 0.1) is 33.2 Å². The fourth-order valence-corrected chi connectivity index (χ4v) is 2.45. The van der Waals surface area contributed by atoms with E-state index in [0.717, 1.165) is 11.3 Å². The minimum atomic E-state index is -0.916. The Balaban J connectivity index is 1.91. The first kappa shape index (κ1) is 14.1. The van der Waals surface area contributed by atoms with Gasteiger partial charge in [0.25, 0.3) is 0 Å². The van der Waals surface area contributed by atoms with Crippen molar-refractivity contribution in [3.63, 3.8) is 0 Å². The lowest BCUT2D eigenvalue weighted by atomic mass is 10.1. The van der Waals surface area contributed by atoms with E-state index in [-0.39, 0.29) is 12.7 Å². The average molecular weight is 290 g/mol. The minimum absolute atomic E-state index is 0.0676. The van der Waals surface area contributed by atoms with Crippen LogP contribution in [-0.2, 0) is 21.8 Å². The fourth-order valence-electron chi connectivity index (χ4n) is 2.45. The second-order valence-corrected chi connectivity index (χ2v) is 4.95. The van der Waals surface area contributed by atoms with E-state index in [1.54, 1.807) is 19.6 Å². The lowest BCUT2D eigenvalue weighted by Crippen LogP contribution is -2.33. The van der Waals surface area contributed by atoms with Crippen LogP contribution in [0.15, 0.2) is 43.0 Å². The number of nitrogens with zero attached hydrogens (tertiary/aromatic N) is 2. The predicted molar refractivity (Wildman–Crippen MR) is 74.8 cm³/mol. The van der Waals surface area contributed by atoms with Crippen LogP contribution in [0.4, 0.5) is 0 Å². The molecule has 1 aromatic carbocycles. The largest absolute Gasteiger partial charge is 0.497 e. The maximum absolute atomic E-state index is 9.31. The molecule has 6 nitrogen and oxygen atoms in total. The summed E-state index contributed by atoms with van der Waals surface area (Å²) in [5, 5.41) is 9.31. The van der Waals surface area contributed by atoms with Crippen LogP contribution in [0.5, 0.6) is 5.75 Å². The van der Waals surface area contributed by atoms with E-state index < -0.39 is 5.79 Å². The highest BCUT2D eigenvalue weighted by molar-refractivity contribution is 5.30. The zero-order chi connectivity index (χ0) is 14.7. The van der Waals surface area contributed by atoms with E-state index in [2.05, 4.69) is 4.98 Å². The van der Waals surface area contributed by atoms with E-state index in [9.17, 15) is 5.11 Å². The summed E-state index contributed by atoms with van der Waals surface area (Å²) in [6.45, 7) is 0.759. The van der Waals surface area contributed by atoms with Crippen LogP contribution < -0.4 is 4.74 Å². The fraction of sp³-hybridized carbons (Fsp3) is 0.400. The zero-order valence-electron chi connectivity index (χ0n) is 11.8. The molecule has 0 unspecified atom stereocenters. The predicted octanol–water partition coefficient (Wildman–Crippen LogP) is 1.15. The molecule has 1 saturated heterocycles. The van der Waals surface area contributed by atoms with Gasteiger partial charge in [-0.3, -0.25) is 0 Å². The molecular formula is C15H18N2O4. The lowest BCUT2D eigenvalue weighted by Gasteiger charge is -2.29. The average Bonchev–Trinajstić information content (AvgIpc) is 3.18. The third-order valence-electron chi connectivity index (χ3n) is 3.54. The molecule has 2 atom stereocenters. The normalized spacial score (nSPS) is 25.1. The van der Waals surface area contributed by atoms with Crippen molar-refractivity contribution in [1.82, 2.24) is 9.55 Å². The van der Waals surface area contributed by atoms with E-state index in [0.29, 0.717) is 13.2 Å². The number of hydrogen-bond donors (Lipinski definition) is 1. The van der Waals surface area contributed by atoms with Crippen molar-refractivity contribution in [3.8, 4) is 5.75 Å². The molecule has 1 N–H and O–H groups in total. The monoisotopic (exact) mass is 290 g/mol. The molecule has 1 aliphatic heterocycles. The number of aromatic nitrogens is 2. The number of imidazole rings is 1. The molecule has 0 aliphatic carbocycles. The van der Waals surface area contributed by atoms with E-state index in [1.165, 1.54) is 0 Å². The highest BCUT2D eigenvalue weighted by atomic mass is 16.7. The number of aliphatic hydroxyl groups excluding tert-OH is 1. The maximum atomic E-state index is 9.31. The number of hydrogen-bond acceptors (Lipinski definition) is 5. The Morgan fingerprint density at radius 2 is 2.24 bits per heavy atom. The second-order valence-electron chi connectivity index (χ2n) is 4.95. The van der Waals surface area contributed by atoms with Crippen molar-refractivity contribution in [1.29, 1.82) is 0 Å². The quantitative estimate of drug-likeness (QED) is 0.895. The smallest absolute Gasteiger partial charge is 0.214 e. The molecule has 112 valence electrons. The molecule has 2 heterocycles. The molecule has 0 radical (unpaired) electrons. The summed E-state index contributed by atoms with van der Waals surface area (Å²) in [6, 6.07) is 7.55. The van der Waals surface area contributed by atoms with Crippen molar-refractivity contribution in [2.75, 3.05) is 20.3 Å². The Labute approximate surface area is 122 Å². The third-order valence-corrected chi connectivity index (χ3v) is 3.54. The summed E-state index contributed by atoms with van der Waals surface area (Å²) in [5.41, 5.74) is 0.882. The van der Waals surface area contributed by atoms with Crippen LogP contribution in [0.3, 0.4) is 0 Å². The number of aliphatic hydroxyl groups is 1. The number of rotatable bonds is 5. The number of methoxy groups -OCH3 is 1. The van der Waals surface area contributed by atoms with Crippen LogP contribution >= 0.6 is 0 Å². The standard InChI is InChI=1S/C15H18N2O4/c1-19-13-4-2-12(3-5-13)15(10-17-7-6-16-11-17)20-9-14(8-18)21-15/h2-7,11,14,18H,8-10H2,1H3/t14-,15-/m1/s1. The first-order valence-electron chi connectivity index (χ1n) is 6.78. The lowest BCUT2D eigenvalue weighted by molar-refractivity contribution is -0.190. The van der Waals surface area contributed by atoms with Gasteiger partial charge in [0.1, 0.15) is 11.9 Å². The zero-order valence-corrected chi connectivity index (χ0v) is 11.8. The molecule has 21 heavy (non-hydrogen) atoms. The van der Waals surface area contributed by atoms with Crippen molar-refractivity contribution >= 4 is 0 Å². The Morgan fingerprint density at radius 1 is 1.43 bits per heavy atom. The molecule has 2 aromatic rings. The Kier molecular flexibility index (Phi) is 3.92. The van der Waals surface area contributed by atoms with E-state index in [1.807, 2.05) is 35.0 Å². The highest BCUT2D eigenvalue weighted by Gasteiger charge is 2.43. The van der Waals surface area contributed by atoms with Gasteiger partial charge >= 0.3 is 0 Å². The third kappa shape index (κ3) is 2.78. The molecule has 0 bridgehead atoms. The summed E-state index contributed by atoms with van der Waals surface area (Å²) in [4.78, 5) is 4.04. The van der Waals surface area contributed by atoms with Crippen LogP contribution in [0.1, 0.15) is 5.56 Å². The molecule has 6 heteroatoms. The van der Waals surface area contributed by atoms with Gasteiger partial charge in [-0.05, 0) is 24.3 Å². The first-order valence-corrected chi connectivity index (χ1v) is 6.78. The number of benzene rings is 1. The van der Waals surface area contributed by atoms with E-state index >= 15 is 0 Å². The van der Waals surface area contributed by atoms with Crippen LogP contribution in [-0.4, -0.2) is 41.1 Å². The molecule has 0 amide bonds. The van der Waals surface area contributed by atoms with Crippen LogP contribution in [0, 0.1) is 0 Å². The van der Waals surface area contributed by atoms with Crippen molar-refractivity contribution in [2.24, 2.45) is 0 Å². The number of ether oxygens (including phenoxy) is 3. The molecule has 0 saturated carbocycles. The Hall–Kier alpha value is -1.89. The van der Waals surface area contributed by atoms with Gasteiger partial charge in [-0.2, -0.15) is 0 Å². The van der Waals surface area contributed by atoms with Gasteiger partial charge in [-0.1, -0.05) is 0 Å². The summed E-state index contributed by atoms with van der Waals surface area (Å²) in [7, 11) is 1.63. The topological polar surface area (TPSA) is 65.7 Å². The highest BCUT2D eigenvalue weighted by Crippen LogP contribution is 2.36. The van der Waals surface area contributed by atoms with Gasteiger partial charge in [0.15, 0.2) is 0 Å². The summed E-state index contributed by atoms with van der Waals surface area (Å²) < 4.78 is 18.9. The van der Waals surface area contributed by atoms with Crippen molar-refractivity contribution in [3.05, 3.63) is 48.5 Å². The second kappa shape index (κ2) is 5.85. The Morgan fingerprint density at radius 3 is 2.81 bits per heavy atom. The molecule has 1 aliphatic rings. The summed E-state index contributed by atoms with van der Waals surface area (Å²) in [6.07, 6.45) is 4.95. The van der Waals surface area contributed by atoms with Gasteiger partial charge < -0.3 is 23.9 Å². The molecule has 1 aromatic heterocycles. The van der Waals surface area contributed by atoms with E-state index in [4.69, 9.17) is 14.2 Å². The molecular weight excluding hydrogens is 272 g/mol. The molecule has 3 rings (SSSR count). The maximum Gasteiger partial charge on any atom is 0.214 e. The molecule has 1 fully saturated rings. The first-order chi connectivity index (χ1) is 10.3. The van der Waals surface area contributed by atoms with Crippen molar-refractivity contribution < 1.29 is 19.3 Å². The van der Waals surface area contributed by atoms with Gasteiger partial charge in [-0.25, -0.2) is 4.98 Å². The minimum Gasteiger partial charge on any atom is -0.497 e. The molecule has 0 spiro atoms.